The third-order valence-electron chi connectivity index (χ3n) is 3.17. The summed E-state index contributed by atoms with van der Waals surface area (Å²) < 4.78 is 0. The zero-order chi connectivity index (χ0) is 10.3. The zero-order valence-electron chi connectivity index (χ0n) is 8.41. The van der Waals surface area contributed by atoms with E-state index in [0.29, 0.717) is 4.83 Å². The van der Waals surface area contributed by atoms with Crippen LogP contribution in [-0.2, 0) is 0 Å². The molecular formula is C14H12Br. The fourth-order valence-corrected chi connectivity index (χ4v) is 2.83. The number of fused-ring (bicyclic) bond motifs is 1. The first-order valence-electron chi connectivity index (χ1n) is 5.33. The predicted octanol–water partition coefficient (Wildman–Crippen LogP) is 4.32. The molecule has 2 aromatic carbocycles. The SMILES string of the molecule is BrC1CC[C]1c1ccc2ccccc2c1. The third-order valence-corrected chi connectivity index (χ3v) is 4.18. The maximum Gasteiger partial charge on any atom is 0.0252 e. The summed E-state index contributed by atoms with van der Waals surface area (Å²) in [6.07, 6.45) is 2.52. The molecule has 75 valence electrons. The lowest BCUT2D eigenvalue weighted by Crippen LogP contribution is -2.24. The van der Waals surface area contributed by atoms with Gasteiger partial charge in [0.05, 0.1) is 0 Å². The zero-order valence-corrected chi connectivity index (χ0v) is 10.00. The van der Waals surface area contributed by atoms with Gasteiger partial charge < -0.3 is 0 Å². The molecule has 1 saturated carbocycles. The molecule has 0 heterocycles. The lowest BCUT2D eigenvalue weighted by atomic mass is 9.79. The Morgan fingerprint density at radius 3 is 2.47 bits per heavy atom. The molecular weight excluding hydrogens is 248 g/mol. The molecule has 0 nitrogen and oxygen atoms in total. The predicted molar refractivity (Wildman–Crippen MR) is 68.2 cm³/mol. The minimum Gasteiger partial charge on any atom is -0.0881 e. The van der Waals surface area contributed by atoms with E-state index in [0.717, 1.165) is 0 Å². The molecule has 0 amide bonds. The van der Waals surface area contributed by atoms with Crippen molar-refractivity contribution in [2.75, 3.05) is 0 Å². The standard InChI is InChI=1S/C14H12Br/c15-14-8-7-13(14)12-6-5-10-3-1-2-4-11(10)9-12/h1-6,9,14H,7-8H2. The van der Waals surface area contributed by atoms with Gasteiger partial charge in [0.25, 0.3) is 0 Å². The Balaban J connectivity index is 2.06. The Morgan fingerprint density at radius 1 is 1.00 bits per heavy atom. The summed E-state index contributed by atoms with van der Waals surface area (Å²) in [6, 6.07) is 15.3. The molecule has 1 radical (unpaired) electrons. The quantitative estimate of drug-likeness (QED) is 0.670. The van der Waals surface area contributed by atoms with Gasteiger partial charge in [-0.3, -0.25) is 0 Å². The second kappa shape index (κ2) is 3.64. The Bertz CT molecular complexity index is 489. The van der Waals surface area contributed by atoms with Crippen LogP contribution in [0.5, 0.6) is 0 Å². The van der Waals surface area contributed by atoms with Crippen molar-refractivity contribution in [3.8, 4) is 0 Å². The average Bonchev–Trinajstić information content (AvgIpc) is 2.27. The number of rotatable bonds is 1. The highest BCUT2D eigenvalue weighted by molar-refractivity contribution is 9.09. The molecule has 0 aromatic heterocycles. The first-order chi connectivity index (χ1) is 7.34. The van der Waals surface area contributed by atoms with Gasteiger partial charge in [0.15, 0.2) is 0 Å². The van der Waals surface area contributed by atoms with Crippen molar-refractivity contribution in [3.05, 3.63) is 53.9 Å². The van der Waals surface area contributed by atoms with E-state index < -0.39 is 0 Å². The maximum atomic E-state index is 3.69. The minimum atomic E-state index is 0.610. The highest BCUT2D eigenvalue weighted by Gasteiger charge is 2.30. The maximum absolute atomic E-state index is 3.69. The second-order valence-corrected chi connectivity index (χ2v) is 5.20. The van der Waals surface area contributed by atoms with Crippen molar-refractivity contribution in [3.63, 3.8) is 0 Å². The molecule has 0 spiro atoms. The van der Waals surface area contributed by atoms with Gasteiger partial charge in [-0.2, -0.15) is 0 Å². The summed E-state index contributed by atoms with van der Waals surface area (Å²) >= 11 is 3.69. The van der Waals surface area contributed by atoms with E-state index in [4.69, 9.17) is 0 Å². The van der Waals surface area contributed by atoms with E-state index in [1.165, 1.54) is 29.2 Å². The number of hydrogen-bond donors (Lipinski definition) is 0. The monoisotopic (exact) mass is 259 g/mol. The Morgan fingerprint density at radius 2 is 1.80 bits per heavy atom. The van der Waals surface area contributed by atoms with Crippen LogP contribution in [0.25, 0.3) is 10.8 Å². The number of benzene rings is 2. The third kappa shape index (κ3) is 1.59. The van der Waals surface area contributed by atoms with Crippen LogP contribution in [-0.4, -0.2) is 4.83 Å². The molecule has 1 aliphatic carbocycles. The molecule has 2 aromatic rings. The van der Waals surface area contributed by atoms with Gasteiger partial charge in [0.1, 0.15) is 0 Å². The van der Waals surface area contributed by atoms with E-state index in [2.05, 4.69) is 58.4 Å². The van der Waals surface area contributed by atoms with Gasteiger partial charge in [-0.15, -0.1) is 0 Å². The molecule has 0 aliphatic heterocycles. The molecule has 1 fully saturated rings. The van der Waals surface area contributed by atoms with Crippen LogP contribution in [0.15, 0.2) is 42.5 Å². The topological polar surface area (TPSA) is 0 Å². The smallest absolute Gasteiger partial charge is 0.0252 e. The highest BCUT2D eigenvalue weighted by Crippen LogP contribution is 2.41. The van der Waals surface area contributed by atoms with Crippen LogP contribution >= 0.6 is 15.9 Å². The summed E-state index contributed by atoms with van der Waals surface area (Å²) in [5.74, 6) is 1.56. The molecule has 1 aliphatic rings. The number of alkyl halides is 1. The van der Waals surface area contributed by atoms with Crippen molar-refractivity contribution in [2.24, 2.45) is 0 Å². The van der Waals surface area contributed by atoms with Crippen LogP contribution in [0.4, 0.5) is 0 Å². The van der Waals surface area contributed by atoms with E-state index in [1.54, 1.807) is 5.92 Å². The summed E-state index contributed by atoms with van der Waals surface area (Å²) in [5, 5.41) is 2.67. The second-order valence-electron chi connectivity index (χ2n) is 4.09. The van der Waals surface area contributed by atoms with E-state index in [-0.39, 0.29) is 0 Å². The molecule has 0 saturated heterocycles. The first-order valence-corrected chi connectivity index (χ1v) is 6.25. The largest absolute Gasteiger partial charge is 0.0881 e. The molecule has 1 atom stereocenters. The van der Waals surface area contributed by atoms with Gasteiger partial charge in [-0.25, -0.2) is 0 Å². The minimum absolute atomic E-state index is 0.610. The van der Waals surface area contributed by atoms with Gasteiger partial charge in [-0.05, 0) is 29.2 Å². The molecule has 1 unspecified atom stereocenters. The molecule has 1 heteroatoms. The first kappa shape index (κ1) is 9.41. The normalized spacial score (nSPS) is 21.5. The van der Waals surface area contributed by atoms with E-state index in [1.807, 2.05) is 0 Å². The molecule has 15 heavy (non-hydrogen) atoms. The van der Waals surface area contributed by atoms with Crippen molar-refractivity contribution >= 4 is 26.7 Å². The molecule has 0 N–H and O–H groups in total. The fourth-order valence-electron chi connectivity index (χ4n) is 2.11. The van der Waals surface area contributed by atoms with Crippen molar-refractivity contribution in [2.45, 2.75) is 17.7 Å². The van der Waals surface area contributed by atoms with Crippen LogP contribution in [0.3, 0.4) is 0 Å². The Kier molecular flexibility index (Phi) is 2.28. The Hall–Kier alpha value is -0.820. The van der Waals surface area contributed by atoms with Crippen LogP contribution < -0.4 is 0 Å². The fraction of sp³-hybridized carbons (Fsp3) is 0.214. The Labute approximate surface area is 98.4 Å². The highest BCUT2D eigenvalue weighted by atomic mass is 79.9. The van der Waals surface area contributed by atoms with Crippen LogP contribution in [0.1, 0.15) is 18.4 Å². The molecule has 3 rings (SSSR count). The van der Waals surface area contributed by atoms with Gasteiger partial charge in [0, 0.05) is 10.7 Å². The average molecular weight is 260 g/mol. The lowest BCUT2D eigenvalue weighted by molar-refractivity contribution is 0.603. The number of halogens is 1. The van der Waals surface area contributed by atoms with Gasteiger partial charge in [-0.1, -0.05) is 58.4 Å². The van der Waals surface area contributed by atoms with E-state index in [9.17, 15) is 0 Å². The summed E-state index contributed by atoms with van der Waals surface area (Å²) in [6.45, 7) is 0. The lowest BCUT2D eigenvalue weighted by Gasteiger charge is -2.32. The van der Waals surface area contributed by atoms with Crippen LogP contribution in [0.2, 0.25) is 0 Å². The van der Waals surface area contributed by atoms with Crippen molar-refractivity contribution < 1.29 is 0 Å². The van der Waals surface area contributed by atoms with E-state index >= 15 is 0 Å². The van der Waals surface area contributed by atoms with Crippen LogP contribution in [0, 0.1) is 5.92 Å². The van der Waals surface area contributed by atoms with Crippen molar-refractivity contribution in [1.29, 1.82) is 0 Å². The van der Waals surface area contributed by atoms with Gasteiger partial charge >= 0.3 is 0 Å². The van der Waals surface area contributed by atoms with Crippen molar-refractivity contribution in [1.82, 2.24) is 0 Å². The summed E-state index contributed by atoms with van der Waals surface area (Å²) in [4.78, 5) is 0.610. The summed E-state index contributed by atoms with van der Waals surface area (Å²) in [7, 11) is 0. The van der Waals surface area contributed by atoms with Gasteiger partial charge in [0.2, 0.25) is 0 Å². The number of hydrogen-bond acceptors (Lipinski definition) is 0. The molecule has 0 bridgehead atoms. The summed E-state index contributed by atoms with van der Waals surface area (Å²) in [5.41, 5.74) is 1.40.